The van der Waals surface area contributed by atoms with Crippen LogP contribution in [0.15, 0.2) is 59.8 Å². The summed E-state index contributed by atoms with van der Waals surface area (Å²) in [6.45, 7) is 0. The van der Waals surface area contributed by atoms with E-state index in [1.165, 1.54) is 11.1 Å². The van der Waals surface area contributed by atoms with E-state index in [1.54, 1.807) is 0 Å². The van der Waals surface area contributed by atoms with Gasteiger partial charge in [0.05, 0.1) is 6.10 Å². The highest BCUT2D eigenvalue weighted by atomic mass is 16.5. The van der Waals surface area contributed by atoms with E-state index in [0.29, 0.717) is 29.9 Å². The molecule has 5 unspecified atom stereocenters. The normalized spacial score (nSPS) is 41.8. The van der Waals surface area contributed by atoms with E-state index < -0.39 is 6.23 Å². The second kappa shape index (κ2) is 7.45. The van der Waals surface area contributed by atoms with Crippen molar-refractivity contribution < 1.29 is 9.84 Å². The highest BCUT2D eigenvalue weighted by Gasteiger charge is 2.38. The lowest BCUT2D eigenvalue weighted by Crippen LogP contribution is -2.32. The summed E-state index contributed by atoms with van der Waals surface area (Å²) >= 11 is 0. The molecule has 1 fully saturated rings. The third kappa shape index (κ3) is 3.46. The van der Waals surface area contributed by atoms with Crippen molar-refractivity contribution in [1.82, 2.24) is 5.32 Å². The number of ether oxygens (including phenoxy) is 1. The first kappa shape index (κ1) is 17.0. The van der Waals surface area contributed by atoms with E-state index in [1.807, 2.05) is 7.11 Å². The molecule has 0 radical (unpaired) electrons. The Balaban J connectivity index is 1.54. The van der Waals surface area contributed by atoms with Crippen LogP contribution >= 0.6 is 0 Å². The fourth-order valence-electron chi connectivity index (χ4n) is 4.93. The number of fused-ring (bicyclic) bond motifs is 1. The van der Waals surface area contributed by atoms with Crippen LogP contribution in [0.4, 0.5) is 0 Å². The van der Waals surface area contributed by atoms with Crippen molar-refractivity contribution in [2.45, 2.75) is 50.5 Å². The summed E-state index contributed by atoms with van der Waals surface area (Å²) < 4.78 is 5.79. The molecule has 0 aromatic heterocycles. The van der Waals surface area contributed by atoms with Crippen molar-refractivity contribution in [1.29, 1.82) is 0 Å². The molecule has 3 heteroatoms. The van der Waals surface area contributed by atoms with Gasteiger partial charge < -0.3 is 9.84 Å². The van der Waals surface area contributed by atoms with Crippen LogP contribution in [0.5, 0.6) is 0 Å². The van der Waals surface area contributed by atoms with E-state index in [-0.39, 0.29) is 0 Å². The lowest BCUT2D eigenvalue weighted by atomic mass is 9.74. The molecule has 0 saturated carbocycles. The van der Waals surface area contributed by atoms with Crippen molar-refractivity contribution in [3.8, 4) is 0 Å². The maximum absolute atomic E-state index is 10.5. The summed E-state index contributed by atoms with van der Waals surface area (Å²) in [5, 5.41) is 13.8. The number of aliphatic hydroxyl groups excluding tert-OH is 1. The zero-order valence-corrected chi connectivity index (χ0v) is 15.0. The van der Waals surface area contributed by atoms with Gasteiger partial charge in [-0.1, -0.05) is 54.2 Å². The molecule has 0 spiro atoms. The monoisotopic (exact) mass is 339 g/mol. The summed E-state index contributed by atoms with van der Waals surface area (Å²) in [6.07, 6.45) is 22.9. The molecule has 0 bridgehead atoms. The highest BCUT2D eigenvalue weighted by molar-refractivity contribution is 5.34. The van der Waals surface area contributed by atoms with Crippen LogP contribution < -0.4 is 5.32 Å². The molecular weight excluding hydrogens is 310 g/mol. The summed E-state index contributed by atoms with van der Waals surface area (Å²) in [7, 11) is 1.83. The molecule has 0 amide bonds. The number of nitrogens with one attached hydrogen (secondary N) is 1. The van der Waals surface area contributed by atoms with Gasteiger partial charge >= 0.3 is 0 Å². The van der Waals surface area contributed by atoms with Crippen LogP contribution in [0.25, 0.3) is 0 Å². The number of hydrogen-bond acceptors (Lipinski definition) is 3. The number of methoxy groups -OCH3 is 1. The minimum atomic E-state index is -0.494. The average Bonchev–Trinajstić information content (AvgIpc) is 2.98. The number of allylic oxidation sites excluding steroid dienone is 7. The maximum Gasteiger partial charge on any atom is 0.127 e. The fourth-order valence-corrected chi connectivity index (χ4v) is 4.93. The van der Waals surface area contributed by atoms with Gasteiger partial charge in [0.1, 0.15) is 6.23 Å². The molecule has 6 atom stereocenters. The summed E-state index contributed by atoms with van der Waals surface area (Å²) in [5.74, 6) is 1.50. The van der Waals surface area contributed by atoms with Gasteiger partial charge in [-0.2, -0.15) is 0 Å². The molecule has 0 aromatic carbocycles. The van der Waals surface area contributed by atoms with E-state index in [2.05, 4.69) is 53.9 Å². The van der Waals surface area contributed by atoms with Crippen LogP contribution in [0.2, 0.25) is 0 Å². The predicted molar refractivity (Wildman–Crippen MR) is 101 cm³/mol. The number of hydrogen-bond donors (Lipinski definition) is 2. The molecule has 3 aliphatic carbocycles. The van der Waals surface area contributed by atoms with Crippen molar-refractivity contribution in [3.63, 3.8) is 0 Å². The molecule has 4 aliphatic rings. The Morgan fingerprint density at radius 3 is 2.80 bits per heavy atom. The third-order valence-electron chi connectivity index (χ3n) is 6.33. The van der Waals surface area contributed by atoms with E-state index in [4.69, 9.17) is 4.74 Å². The first-order valence-corrected chi connectivity index (χ1v) is 9.62. The molecular formula is C22H29NO2. The van der Waals surface area contributed by atoms with Crippen molar-refractivity contribution in [2.75, 3.05) is 7.11 Å². The lowest BCUT2D eigenvalue weighted by molar-refractivity contribution is 0.0331. The first-order valence-electron chi connectivity index (χ1n) is 9.62. The molecule has 1 saturated heterocycles. The van der Waals surface area contributed by atoms with Crippen LogP contribution in [-0.4, -0.2) is 30.6 Å². The van der Waals surface area contributed by atoms with Gasteiger partial charge in [-0.25, -0.2) is 0 Å². The van der Waals surface area contributed by atoms with Crippen molar-refractivity contribution in [3.05, 3.63) is 59.8 Å². The molecule has 4 rings (SSSR count). The Bertz CT molecular complexity index is 642. The third-order valence-corrected chi connectivity index (χ3v) is 6.33. The van der Waals surface area contributed by atoms with E-state index in [9.17, 15) is 5.11 Å². The molecule has 25 heavy (non-hydrogen) atoms. The topological polar surface area (TPSA) is 41.5 Å². The number of aliphatic hydroxyl groups is 1. The predicted octanol–water partition coefficient (Wildman–Crippen LogP) is 3.65. The minimum Gasteiger partial charge on any atom is -0.381 e. The summed E-state index contributed by atoms with van der Waals surface area (Å²) in [6, 6.07) is 0.393. The van der Waals surface area contributed by atoms with Crippen LogP contribution in [0, 0.1) is 17.8 Å². The van der Waals surface area contributed by atoms with Gasteiger partial charge in [0.15, 0.2) is 0 Å². The Hall–Kier alpha value is -1.42. The van der Waals surface area contributed by atoms with Gasteiger partial charge in [0.2, 0.25) is 0 Å². The van der Waals surface area contributed by atoms with Gasteiger partial charge in [-0.3, -0.25) is 5.32 Å². The standard InChI is InChI=1S/C22H29NO2/c1-25-21-12-11-15(13-18(21)16-7-3-2-4-8-16)14-19-17-9-5-6-10-20(17)23-22(19)24/h2-7,11,14,16-18,20-24H,8-10,12-13H2,1H3/b19-14+/t16?,17?,18?,20?,21?,22-/m1/s1. The molecule has 1 aliphatic heterocycles. The Kier molecular flexibility index (Phi) is 5.07. The van der Waals surface area contributed by atoms with E-state index >= 15 is 0 Å². The molecule has 0 aromatic rings. The SMILES string of the molecule is COC1CC=C(/C=C2\C3CC=CCC3N[C@@H]2O)CC1C1C=CC=CC1. The first-order chi connectivity index (χ1) is 12.3. The largest absolute Gasteiger partial charge is 0.381 e. The summed E-state index contributed by atoms with van der Waals surface area (Å²) in [5.41, 5.74) is 2.54. The van der Waals surface area contributed by atoms with Crippen LogP contribution in [-0.2, 0) is 4.74 Å². The Morgan fingerprint density at radius 2 is 2.00 bits per heavy atom. The van der Waals surface area contributed by atoms with Crippen LogP contribution in [0.1, 0.15) is 32.1 Å². The highest BCUT2D eigenvalue weighted by Crippen LogP contribution is 2.39. The van der Waals surface area contributed by atoms with Crippen molar-refractivity contribution in [2.24, 2.45) is 17.8 Å². The molecule has 3 nitrogen and oxygen atoms in total. The quantitative estimate of drug-likeness (QED) is 0.771. The summed E-state index contributed by atoms with van der Waals surface area (Å²) in [4.78, 5) is 0. The Morgan fingerprint density at radius 1 is 1.12 bits per heavy atom. The maximum atomic E-state index is 10.5. The molecule has 2 N–H and O–H groups in total. The molecule has 1 heterocycles. The lowest BCUT2D eigenvalue weighted by Gasteiger charge is -2.35. The minimum absolute atomic E-state index is 0.292. The average molecular weight is 339 g/mol. The number of rotatable bonds is 3. The smallest absolute Gasteiger partial charge is 0.127 e. The molecule has 134 valence electrons. The fraction of sp³-hybridized carbons (Fsp3) is 0.545. The van der Waals surface area contributed by atoms with Gasteiger partial charge in [-0.15, -0.1) is 0 Å². The second-order valence-corrected chi connectivity index (χ2v) is 7.74. The van der Waals surface area contributed by atoms with Gasteiger partial charge in [0.25, 0.3) is 0 Å². The van der Waals surface area contributed by atoms with Crippen LogP contribution in [0.3, 0.4) is 0 Å². The van der Waals surface area contributed by atoms with Gasteiger partial charge in [0, 0.05) is 19.1 Å². The zero-order chi connectivity index (χ0) is 17.2. The zero-order valence-electron chi connectivity index (χ0n) is 15.0. The second-order valence-electron chi connectivity index (χ2n) is 7.74. The Labute approximate surface area is 150 Å². The van der Waals surface area contributed by atoms with Crippen molar-refractivity contribution >= 4 is 0 Å². The van der Waals surface area contributed by atoms with E-state index in [0.717, 1.165) is 32.1 Å². The van der Waals surface area contributed by atoms with Gasteiger partial charge in [-0.05, 0) is 49.5 Å².